The fraction of sp³-hybridized carbons (Fsp3) is 0.267. The van der Waals surface area contributed by atoms with Crippen LogP contribution in [-0.2, 0) is 0 Å². The molecule has 2 aromatic rings. The van der Waals surface area contributed by atoms with Crippen molar-refractivity contribution in [2.45, 2.75) is 19.4 Å². The van der Waals surface area contributed by atoms with Gasteiger partial charge in [-0.25, -0.2) is 0 Å². The van der Waals surface area contributed by atoms with Crippen molar-refractivity contribution in [3.8, 4) is 5.75 Å². The summed E-state index contributed by atoms with van der Waals surface area (Å²) < 4.78 is 5.09. The monoisotopic (exact) mass is 271 g/mol. The average Bonchev–Trinajstić information content (AvgIpc) is 2.53. The van der Waals surface area contributed by atoms with E-state index in [1.165, 1.54) is 0 Å². The highest BCUT2D eigenvalue weighted by atomic mass is 16.5. The summed E-state index contributed by atoms with van der Waals surface area (Å²) in [5.41, 5.74) is 1.37. The quantitative estimate of drug-likeness (QED) is 0.906. The Kier molecular flexibility index (Phi) is 4.65. The van der Waals surface area contributed by atoms with Crippen LogP contribution in [0.15, 0.2) is 42.9 Å². The molecule has 0 saturated carbocycles. The first-order chi connectivity index (χ1) is 9.74. The summed E-state index contributed by atoms with van der Waals surface area (Å²) in [6, 6.07) is 7.06. The maximum Gasteiger partial charge on any atom is 0.270 e. The van der Waals surface area contributed by atoms with Gasteiger partial charge in [-0.15, -0.1) is 0 Å². The van der Waals surface area contributed by atoms with Crippen molar-refractivity contribution < 1.29 is 9.53 Å². The molecule has 104 valence electrons. The average molecular weight is 271 g/mol. The Morgan fingerprint density at radius 1 is 1.30 bits per heavy atom. The molecule has 0 aliphatic carbocycles. The Morgan fingerprint density at radius 3 is 2.70 bits per heavy atom. The number of aromatic nitrogens is 2. The van der Waals surface area contributed by atoms with E-state index in [0.717, 1.165) is 12.0 Å². The smallest absolute Gasteiger partial charge is 0.270 e. The van der Waals surface area contributed by atoms with Crippen LogP contribution >= 0.6 is 0 Å². The third-order valence-corrected chi connectivity index (χ3v) is 3.02. The second-order valence-electron chi connectivity index (χ2n) is 4.30. The standard InChI is InChI=1S/C15H17N3O2/c1-3-13(11-4-7-16-8-5-11)18-15(19)14-10-12(20-2)6-9-17-14/h4-10,13H,3H2,1-2H3,(H,18,19)/t13-/m1/s1. The molecule has 0 aromatic carbocycles. The normalized spacial score (nSPS) is 11.7. The summed E-state index contributed by atoms with van der Waals surface area (Å²) in [7, 11) is 1.56. The number of carbonyl (C=O) groups is 1. The molecule has 0 saturated heterocycles. The molecule has 0 aliphatic heterocycles. The van der Waals surface area contributed by atoms with Gasteiger partial charge < -0.3 is 10.1 Å². The molecule has 1 atom stereocenters. The summed E-state index contributed by atoms with van der Waals surface area (Å²) >= 11 is 0. The lowest BCUT2D eigenvalue weighted by Crippen LogP contribution is -2.28. The van der Waals surface area contributed by atoms with Crippen LogP contribution in [0, 0.1) is 0 Å². The molecule has 1 amide bonds. The molecule has 20 heavy (non-hydrogen) atoms. The maximum atomic E-state index is 12.2. The molecule has 0 unspecified atom stereocenters. The minimum Gasteiger partial charge on any atom is -0.497 e. The second-order valence-corrected chi connectivity index (χ2v) is 4.30. The highest BCUT2D eigenvalue weighted by Crippen LogP contribution is 2.17. The molecule has 0 spiro atoms. The first-order valence-electron chi connectivity index (χ1n) is 6.45. The molecule has 0 radical (unpaired) electrons. The first-order valence-corrected chi connectivity index (χ1v) is 6.45. The number of rotatable bonds is 5. The van der Waals surface area contributed by atoms with Crippen molar-refractivity contribution >= 4 is 5.91 Å². The lowest BCUT2D eigenvalue weighted by atomic mass is 10.1. The van der Waals surface area contributed by atoms with Gasteiger partial charge in [0, 0.05) is 24.7 Å². The molecule has 2 aromatic heterocycles. The summed E-state index contributed by atoms with van der Waals surface area (Å²) in [6.07, 6.45) is 5.78. The summed E-state index contributed by atoms with van der Waals surface area (Å²) in [4.78, 5) is 20.3. The van der Waals surface area contributed by atoms with Crippen LogP contribution in [-0.4, -0.2) is 23.0 Å². The topological polar surface area (TPSA) is 64.1 Å². The van der Waals surface area contributed by atoms with E-state index in [-0.39, 0.29) is 11.9 Å². The lowest BCUT2D eigenvalue weighted by Gasteiger charge is -2.17. The Labute approximate surface area is 118 Å². The van der Waals surface area contributed by atoms with Crippen molar-refractivity contribution in [3.63, 3.8) is 0 Å². The van der Waals surface area contributed by atoms with E-state index in [0.29, 0.717) is 11.4 Å². The number of amides is 1. The third-order valence-electron chi connectivity index (χ3n) is 3.02. The number of pyridine rings is 2. The largest absolute Gasteiger partial charge is 0.497 e. The van der Waals surface area contributed by atoms with Gasteiger partial charge in [-0.3, -0.25) is 14.8 Å². The van der Waals surface area contributed by atoms with Crippen molar-refractivity contribution in [3.05, 3.63) is 54.1 Å². The van der Waals surface area contributed by atoms with E-state index < -0.39 is 0 Å². The zero-order chi connectivity index (χ0) is 14.4. The van der Waals surface area contributed by atoms with Crippen LogP contribution in [0.1, 0.15) is 35.4 Å². The molecule has 2 rings (SSSR count). The molecule has 5 heteroatoms. The zero-order valence-corrected chi connectivity index (χ0v) is 11.5. The van der Waals surface area contributed by atoms with Crippen molar-refractivity contribution in [1.29, 1.82) is 0 Å². The van der Waals surface area contributed by atoms with Crippen molar-refractivity contribution in [1.82, 2.24) is 15.3 Å². The van der Waals surface area contributed by atoms with E-state index in [2.05, 4.69) is 15.3 Å². The van der Waals surface area contributed by atoms with Crippen molar-refractivity contribution in [2.24, 2.45) is 0 Å². The van der Waals surface area contributed by atoms with Gasteiger partial charge in [0.1, 0.15) is 11.4 Å². The Morgan fingerprint density at radius 2 is 2.05 bits per heavy atom. The molecular weight excluding hydrogens is 254 g/mol. The van der Waals surface area contributed by atoms with E-state index in [4.69, 9.17) is 4.74 Å². The molecular formula is C15H17N3O2. The first kappa shape index (κ1) is 14.0. The third kappa shape index (κ3) is 3.32. The number of nitrogens with zero attached hydrogens (tertiary/aromatic N) is 2. The molecule has 5 nitrogen and oxygen atoms in total. The van der Waals surface area contributed by atoms with Gasteiger partial charge >= 0.3 is 0 Å². The molecule has 0 aliphatic rings. The number of hydrogen-bond donors (Lipinski definition) is 1. The highest BCUT2D eigenvalue weighted by Gasteiger charge is 2.15. The summed E-state index contributed by atoms with van der Waals surface area (Å²) in [6.45, 7) is 2.02. The van der Waals surface area contributed by atoms with E-state index in [9.17, 15) is 4.79 Å². The van der Waals surface area contributed by atoms with Gasteiger partial charge in [-0.1, -0.05) is 6.92 Å². The zero-order valence-electron chi connectivity index (χ0n) is 11.5. The van der Waals surface area contributed by atoms with Crippen LogP contribution < -0.4 is 10.1 Å². The lowest BCUT2D eigenvalue weighted by molar-refractivity contribution is 0.0930. The van der Waals surface area contributed by atoms with Gasteiger partial charge in [0.15, 0.2) is 0 Å². The molecule has 1 N–H and O–H groups in total. The number of methoxy groups -OCH3 is 1. The Hall–Kier alpha value is -2.43. The fourth-order valence-electron chi connectivity index (χ4n) is 1.91. The SMILES string of the molecule is CC[C@@H](NC(=O)c1cc(OC)ccn1)c1ccncc1. The summed E-state index contributed by atoms with van der Waals surface area (Å²) in [5, 5.41) is 2.97. The Balaban J connectivity index is 2.13. The van der Waals surface area contributed by atoms with Gasteiger partial charge in [0.25, 0.3) is 5.91 Å². The van der Waals surface area contributed by atoms with Crippen LogP contribution in [0.4, 0.5) is 0 Å². The number of ether oxygens (including phenoxy) is 1. The maximum absolute atomic E-state index is 12.2. The van der Waals surface area contributed by atoms with Crippen LogP contribution in [0.2, 0.25) is 0 Å². The van der Waals surface area contributed by atoms with Gasteiger partial charge in [0.05, 0.1) is 13.2 Å². The van der Waals surface area contributed by atoms with Crippen LogP contribution in [0.3, 0.4) is 0 Å². The Bertz CT molecular complexity index is 572. The van der Waals surface area contributed by atoms with Crippen molar-refractivity contribution in [2.75, 3.05) is 7.11 Å². The number of hydrogen-bond acceptors (Lipinski definition) is 4. The highest BCUT2D eigenvalue weighted by molar-refractivity contribution is 5.92. The fourth-order valence-corrected chi connectivity index (χ4v) is 1.91. The number of nitrogens with one attached hydrogen (secondary N) is 1. The second kappa shape index (κ2) is 6.65. The van der Waals surface area contributed by atoms with E-state index in [1.807, 2.05) is 19.1 Å². The van der Waals surface area contributed by atoms with Gasteiger partial charge in [0.2, 0.25) is 0 Å². The van der Waals surface area contributed by atoms with E-state index in [1.54, 1.807) is 37.8 Å². The van der Waals surface area contributed by atoms with Crippen LogP contribution in [0.25, 0.3) is 0 Å². The predicted molar refractivity (Wildman–Crippen MR) is 75.5 cm³/mol. The van der Waals surface area contributed by atoms with E-state index >= 15 is 0 Å². The predicted octanol–water partition coefficient (Wildman–Crippen LogP) is 2.37. The summed E-state index contributed by atoms with van der Waals surface area (Å²) in [5.74, 6) is 0.398. The minimum atomic E-state index is -0.215. The van der Waals surface area contributed by atoms with Gasteiger partial charge in [-0.05, 0) is 30.2 Å². The minimum absolute atomic E-state index is 0.0569. The molecule has 0 bridgehead atoms. The van der Waals surface area contributed by atoms with Gasteiger partial charge in [-0.2, -0.15) is 0 Å². The molecule has 2 heterocycles. The van der Waals surface area contributed by atoms with Crippen LogP contribution in [0.5, 0.6) is 5.75 Å². The molecule has 0 fully saturated rings. The number of carbonyl (C=O) groups excluding carboxylic acids is 1.